The average molecular weight is 518 g/mol. The summed E-state index contributed by atoms with van der Waals surface area (Å²) in [4.78, 5) is 9.41. The molecule has 1 unspecified atom stereocenters. The van der Waals surface area contributed by atoms with Gasteiger partial charge < -0.3 is 0 Å². The van der Waals surface area contributed by atoms with Gasteiger partial charge >= 0.3 is 0 Å². The van der Waals surface area contributed by atoms with Gasteiger partial charge in [0.15, 0.2) is 0 Å². The van der Waals surface area contributed by atoms with Crippen LogP contribution in [0.5, 0.6) is 0 Å². The fourth-order valence-electron chi connectivity index (χ4n) is 2.91. The van der Waals surface area contributed by atoms with Crippen LogP contribution in [0.25, 0.3) is 0 Å². The summed E-state index contributed by atoms with van der Waals surface area (Å²) in [5.74, 6) is 0. The van der Waals surface area contributed by atoms with Crippen LogP contribution in [-0.2, 0) is 9.05 Å². The maximum absolute atomic E-state index is 10.7. The molecule has 0 aromatic heterocycles. The predicted molar refractivity (Wildman–Crippen MR) is 142 cm³/mol. The first-order valence-corrected chi connectivity index (χ1v) is 13.2. The van der Waals surface area contributed by atoms with Gasteiger partial charge in [0.1, 0.15) is 0 Å². The summed E-state index contributed by atoms with van der Waals surface area (Å²) in [7, 11) is 0.751. The van der Waals surface area contributed by atoms with Crippen LogP contribution in [-0.4, -0.2) is 13.3 Å². The Morgan fingerprint density at radius 2 is 0.970 bits per heavy atom. The molecule has 0 amide bonds. The van der Waals surface area contributed by atoms with E-state index in [0.29, 0.717) is 0 Å². The summed E-state index contributed by atoms with van der Waals surface area (Å²) in [5, 5.41) is 14.4. The summed E-state index contributed by atoms with van der Waals surface area (Å²) in [6, 6.07) is 36.7. The Hall–Kier alpha value is -2.62. The Balaban J connectivity index is 0.000000244. The fourth-order valence-corrected chi connectivity index (χ4v) is 5.98. The van der Waals surface area contributed by atoms with Crippen molar-refractivity contribution in [2.24, 2.45) is 0 Å². The third-order valence-corrected chi connectivity index (χ3v) is 8.19. The molecule has 0 radical (unpaired) electrons. The van der Waals surface area contributed by atoms with E-state index in [4.69, 9.17) is 10.7 Å². The van der Waals surface area contributed by atoms with Gasteiger partial charge in [0, 0.05) is 22.8 Å². The predicted octanol–water partition coefficient (Wildman–Crippen LogP) is 5.03. The number of nitro benzene ring substituents is 1. The molecule has 33 heavy (non-hydrogen) atoms. The maximum Gasteiger partial charge on any atom is 0.269 e. The van der Waals surface area contributed by atoms with Crippen LogP contribution in [0.15, 0.2) is 120 Å². The second kappa shape index (κ2) is 12.6. The molecule has 1 atom stereocenters. The van der Waals surface area contributed by atoms with Crippen molar-refractivity contribution in [1.82, 2.24) is 0 Å². The third-order valence-electron chi connectivity index (χ3n) is 4.37. The molecule has 5 nitrogen and oxygen atoms in total. The van der Waals surface area contributed by atoms with E-state index in [1.807, 2.05) is 0 Å². The zero-order chi connectivity index (χ0) is 23.0. The lowest BCUT2D eigenvalue weighted by Gasteiger charge is -2.18. The maximum atomic E-state index is 10.7. The molecule has 0 aliphatic carbocycles. The highest BCUT2D eigenvalue weighted by atomic mass is 35.7. The van der Waals surface area contributed by atoms with Crippen LogP contribution in [0, 0.1) is 10.1 Å². The van der Waals surface area contributed by atoms with Gasteiger partial charge in [-0.15, -0.1) is 0 Å². The lowest BCUT2D eigenvalue weighted by molar-refractivity contribution is -0.384. The molecule has 4 aromatic rings. The first-order chi connectivity index (χ1) is 15.4. The highest BCUT2D eigenvalue weighted by molar-refractivity contribution is 8.13. The number of rotatable bonds is 5. The molecule has 0 fully saturated rings. The molecule has 4 aromatic carbocycles. The summed E-state index contributed by atoms with van der Waals surface area (Å²) < 4.78 is 21.4. The zero-order valence-electron chi connectivity index (χ0n) is 17.5. The van der Waals surface area contributed by atoms with Crippen LogP contribution in [0.2, 0.25) is 0 Å². The smallest absolute Gasteiger partial charge is 0.258 e. The van der Waals surface area contributed by atoms with Gasteiger partial charge in [-0.2, -0.15) is 9.90 Å². The van der Waals surface area contributed by atoms with Crippen molar-refractivity contribution in [3.8, 4) is 0 Å². The van der Waals surface area contributed by atoms with Crippen LogP contribution in [0.3, 0.4) is 0 Å². The Labute approximate surface area is 202 Å². The van der Waals surface area contributed by atoms with Crippen molar-refractivity contribution in [3.63, 3.8) is 0 Å². The molecular weight excluding hydrogens is 496 g/mol. The second-order valence-corrected chi connectivity index (χ2v) is 11.3. The minimum atomic E-state index is -3.80. The molecule has 0 aliphatic heterocycles. The molecule has 0 heterocycles. The SMILES string of the molecule is O=[N+]([O-])c1ccc(S(=O)(=O)Cl)cc1.P.c1ccc(P(c2ccccc2)c2ccccc2)cc1. The van der Waals surface area contributed by atoms with Gasteiger partial charge in [0.2, 0.25) is 0 Å². The normalized spacial score (nSPS) is 10.5. The van der Waals surface area contributed by atoms with Crippen LogP contribution in [0.4, 0.5) is 5.69 Å². The van der Waals surface area contributed by atoms with Gasteiger partial charge in [-0.1, -0.05) is 91.0 Å². The minimum Gasteiger partial charge on any atom is -0.258 e. The van der Waals surface area contributed by atoms with Crippen molar-refractivity contribution in [3.05, 3.63) is 125 Å². The molecule has 9 heteroatoms. The topological polar surface area (TPSA) is 77.3 Å². The van der Waals surface area contributed by atoms with E-state index in [0.717, 1.165) is 24.3 Å². The molecule has 170 valence electrons. The van der Waals surface area contributed by atoms with Gasteiger partial charge in [0.05, 0.1) is 9.82 Å². The first kappa shape index (κ1) is 26.6. The standard InChI is InChI=1S/C18H15P.C6H4ClNO4S.H3P/c1-4-10-16(11-5-1)19(17-12-6-2-7-13-17)18-14-8-3-9-15-18;7-13(11,12)6-3-1-5(2-4-6)8(9)10;/h1-15H;1-4H;1H3. The van der Waals surface area contributed by atoms with E-state index in [-0.39, 0.29) is 20.5 Å². The van der Waals surface area contributed by atoms with Gasteiger partial charge in [-0.3, -0.25) is 10.1 Å². The molecule has 0 saturated heterocycles. The minimum absolute atomic E-state index is 0. The number of nitro groups is 1. The first-order valence-electron chi connectivity index (χ1n) is 9.50. The molecule has 0 saturated carbocycles. The Morgan fingerprint density at radius 1 is 0.636 bits per heavy atom. The average Bonchev–Trinajstić information content (AvgIpc) is 2.81. The number of nitrogens with zero attached hydrogens (tertiary/aromatic N) is 1. The van der Waals surface area contributed by atoms with Crippen LogP contribution < -0.4 is 15.9 Å². The lowest BCUT2D eigenvalue weighted by atomic mass is 10.3. The van der Waals surface area contributed by atoms with Crippen molar-refractivity contribution in [2.75, 3.05) is 0 Å². The highest BCUT2D eigenvalue weighted by Gasteiger charge is 2.15. The fraction of sp³-hybridized carbons (Fsp3) is 0. The highest BCUT2D eigenvalue weighted by Crippen LogP contribution is 2.32. The van der Waals surface area contributed by atoms with Crippen LogP contribution >= 0.6 is 28.5 Å². The quantitative estimate of drug-likeness (QED) is 0.161. The van der Waals surface area contributed by atoms with E-state index < -0.39 is 21.9 Å². The van der Waals surface area contributed by atoms with E-state index >= 15 is 0 Å². The number of hydrogen-bond donors (Lipinski definition) is 0. The summed E-state index contributed by atoms with van der Waals surface area (Å²) in [6.07, 6.45) is 0. The third kappa shape index (κ3) is 7.73. The Bertz CT molecular complexity index is 1160. The number of halogens is 1. The molecule has 0 bridgehead atoms. The van der Waals surface area contributed by atoms with E-state index in [2.05, 4.69) is 91.0 Å². The van der Waals surface area contributed by atoms with Crippen molar-refractivity contribution < 1.29 is 13.3 Å². The van der Waals surface area contributed by atoms with Crippen molar-refractivity contribution >= 4 is 59.2 Å². The van der Waals surface area contributed by atoms with Gasteiger partial charge in [0.25, 0.3) is 14.7 Å². The van der Waals surface area contributed by atoms with Gasteiger partial charge in [-0.05, 0) is 36.0 Å². The van der Waals surface area contributed by atoms with E-state index in [9.17, 15) is 18.5 Å². The Morgan fingerprint density at radius 3 is 1.24 bits per heavy atom. The number of benzene rings is 4. The number of non-ortho nitro benzene ring substituents is 1. The number of hydrogen-bond acceptors (Lipinski definition) is 4. The largest absolute Gasteiger partial charge is 0.269 e. The monoisotopic (exact) mass is 517 g/mol. The summed E-state index contributed by atoms with van der Waals surface area (Å²) in [6.45, 7) is 0. The van der Waals surface area contributed by atoms with E-state index in [1.165, 1.54) is 15.9 Å². The van der Waals surface area contributed by atoms with Crippen molar-refractivity contribution in [1.29, 1.82) is 0 Å². The molecule has 0 aliphatic rings. The molecule has 4 rings (SSSR count). The van der Waals surface area contributed by atoms with Crippen molar-refractivity contribution in [2.45, 2.75) is 4.90 Å². The van der Waals surface area contributed by atoms with Crippen LogP contribution in [0.1, 0.15) is 0 Å². The summed E-state index contributed by atoms with van der Waals surface area (Å²) >= 11 is 0. The molecular formula is C24H22ClNO4P2S. The lowest BCUT2D eigenvalue weighted by Crippen LogP contribution is -2.20. The van der Waals surface area contributed by atoms with E-state index in [1.54, 1.807) is 0 Å². The zero-order valence-corrected chi connectivity index (χ0v) is 21.4. The second-order valence-electron chi connectivity index (χ2n) is 6.53. The molecule has 0 spiro atoms. The summed E-state index contributed by atoms with van der Waals surface area (Å²) in [5.41, 5.74) is -0.177. The molecule has 0 N–H and O–H groups in total. The Kier molecular flexibility index (Phi) is 10.1. The van der Waals surface area contributed by atoms with Gasteiger partial charge in [-0.25, -0.2) is 8.42 Å².